The van der Waals surface area contributed by atoms with E-state index in [1.165, 1.54) is 12.1 Å². The monoisotopic (exact) mass is 312 g/mol. The van der Waals surface area contributed by atoms with Crippen LogP contribution in [0.4, 0.5) is 5.69 Å². The van der Waals surface area contributed by atoms with E-state index in [2.05, 4.69) is 5.32 Å². The molecule has 1 atom stereocenters. The highest BCUT2D eigenvalue weighted by Gasteiger charge is 2.27. The highest BCUT2D eigenvalue weighted by molar-refractivity contribution is 7.99. The fourth-order valence-electron chi connectivity index (χ4n) is 1.74. The lowest BCUT2D eigenvalue weighted by Gasteiger charge is -2.14. The number of nitrogens with one attached hydrogen (secondary N) is 1. The Labute approximate surface area is 125 Å². The Morgan fingerprint density at radius 3 is 2.67 bits per heavy atom. The standard InChI is InChI=1S/C13H16N2O5S/c1-3-21-7-8(2)14-12(16)9-5-4-6-10(15(19)20)11(9)13(17)18/h4-6,8H,3,7H2,1-2H3,(H,14,16)(H,17,18). The van der Waals surface area contributed by atoms with Gasteiger partial charge in [-0.1, -0.05) is 13.0 Å². The van der Waals surface area contributed by atoms with Crippen molar-refractivity contribution in [3.05, 3.63) is 39.4 Å². The fraction of sp³-hybridized carbons (Fsp3) is 0.385. The maximum atomic E-state index is 12.1. The first-order valence-corrected chi connectivity index (χ1v) is 7.43. The highest BCUT2D eigenvalue weighted by atomic mass is 32.2. The first-order chi connectivity index (χ1) is 9.88. The van der Waals surface area contributed by atoms with Crippen LogP contribution in [0.15, 0.2) is 18.2 Å². The number of carbonyl (C=O) groups excluding carboxylic acids is 1. The second-order valence-electron chi connectivity index (χ2n) is 4.30. The molecule has 21 heavy (non-hydrogen) atoms. The number of nitro groups is 1. The SMILES string of the molecule is CCSCC(C)NC(=O)c1cccc([N+](=O)[O-])c1C(=O)O. The number of carboxylic acids is 1. The Morgan fingerprint density at radius 2 is 2.14 bits per heavy atom. The number of carboxylic acid groups (broad SMARTS) is 1. The largest absolute Gasteiger partial charge is 0.477 e. The van der Waals surface area contributed by atoms with E-state index in [0.29, 0.717) is 5.75 Å². The molecular weight excluding hydrogens is 296 g/mol. The van der Waals surface area contributed by atoms with Crippen molar-refractivity contribution in [2.24, 2.45) is 0 Å². The smallest absolute Gasteiger partial charge is 0.343 e. The summed E-state index contributed by atoms with van der Waals surface area (Å²) in [6.45, 7) is 3.78. The van der Waals surface area contributed by atoms with Crippen molar-refractivity contribution in [2.45, 2.75) is 19.9 Å². The van der Waals surface area contributed by atoms with E-state index < -0.39 is 28.1 Å². The normalized spacial score (nSPS) is 11.7. The van der Waals surface area contributed by atoms with Crippen molar-refractivity contribution in [2.75, 3.05) is 11.5 Å². The van der Waals surface area contributed by atoms with E-state index in [-0.39, 0.29) is 11.6 Å². The Bertz CT molecular complexity index is 561. The molecule has 0 spiro atoms. The average Bonchev–Trinajstić information content (AvgIpc) is 2.43. The van der Waals surface area contributed by atoms with Gasteiger partial charge in [-0.2, -0.15) is 11.8 Å². The molecule has 0 aliphatic rings. The first-order valence-electron chi connectivity index (χ1n) is 6.27. The van der Waals surface area contributed by atoms with Crippen LogP contribution in [0.3, 0.4) is 0 Å². The zero-order chi connectivity index (χ0) is 16.0. The molecule has 8 heteroatoms. The van der Waals surface area contributed by atoms with Crippen molar-refractivity contribution < 1.29 is 19.6 Å². The summed E-state index contributed by atoms with van der Waals surface area (Å²) in [7, 11) is 0. The molecule has 0 aromatic heterocycles. The van der Waals surface area contributed by atoms with E-state index >= 15 is 0 Å². The summed E-state index contributed by atoms with van der Waals surface area (Å²) in [5, 5.41) is 22.6. The number of nitro benzene ring substituents is 1. The van der Waals surface area contributed by atoms with Gasteiger partial charge in [-0.05, 0) is 18.7 Å². The fourth-order valence-corrected chi connectivity index (χ4v) is 2.42. The minimum absolute atomic E-state index is 0.164. The summed E-state index contributed by atoms with van der Waals surface area (Å²) in [4.78, 5) is 33.4. The zero-order valence-electron chi connectivity index (χ0n) is 11.7. The number of rotatable bonds is 7. The molecule has 7 nitrogen and oxygen atoms in total. The van der Waals surface area contributed by atoms with Gasteiger partial charge < -0.3 is 10.4 Å². The number of benzene rings is 1. The molecule has 1 amide bonds. The van der Waals surface area contributed by atoms with Crippen LogP contribution in [0.5, 0.6) is 0 Å². The van der Waals surface area contributed by atoms with Crippen molar-refractivity contribution in [1.82, 2.24) is 5.32 Å². The Balaban J connectivity index is 3.07. The van der Waals surface area contributed by atoms with Crippen LogP contribution in [-0.4, -0.2) is 39.5 Å². The highest BCUT2D eigenvalue weighted by Crippen LogP contribution is 2.22. The van der Waals surface area contributed by atoms with Gasteiger partial charge >= 0.3 is 5.97 Å². The van der Waals surface area contributed by atoms with E-state index in [0.717, 1.165) is 11.8 Å². The van der Waals surface area contributed by atoms with Gasteiger partial charge in [0.25, 0.3) is 11.6 Å². The minimum atomic E-state index is -1.50. The number of hydrogen-bond donors (Lipinski definition) is 2. The average molecular weight is 312 g/mol. The van der Waals surface area contributed by atoms with E-state index in [1.54, 1.807) is 18.7 Å². The van der Waals surface area contributed by atoms with E-state index in [9.17, 15) is 19.7 Å². The van der Waals surface area contributed by atoms with Crippen LogP contribution < -0.4 is 5.32 Å². The zero-order valence-corrected chi connectivity index (χ0v) is 12.5. The summed E-state index contributed by atoms with van der Waals surface area (Å²) < 4.78 is 0. The molecule has 0 saturated heterocycles. The van der Waals surface area contributed by atoms with Crippen LogP contribution in [0.25, 0.3) is 0 Å². The maximum absolute atomic E-state index is 12.1. The molecule has 1 rings (SSSR count). The summed E-state index contributed by atoms with van der Waals surface area (Å²) in [5.74, 6) is -0.542. The summed E-state index contributed by atoms with van der Waals surface area (Å²) in [6.07, 6.45) is 0. The van der Waals surface area contributed by atoms with Gasteiger partial charge in [0.15, 0.2) is 0 Å². The third-order valence-corrected chi connectivity index (χ3v) is 3.79. The van der Waals surface area contributed by atoms with Crippen molar-refractivity contribution in [3.8, 4) is 0 Å². The quantitative estimate of drug-likeness (QED) is 0.590. The Morgan fingerprint density at radius 1 is 1.48 bits per heavy atom. The number of amides is 1. The van der Waals surface area contributed by atoms with Crippen LogP contribution in [0, 0.1) is 10.1 Å². The van der Waals surface area contributed by atoms with Gasteiger partial charge in [-0.15, -0.1) is 0 Å². The van der Waals surface area contributed by atoms with Crippen LogP contribution in [0.2, 0.25) is 0 Å². The number of carbonyl (C=O) groups is 2. The molecule has 0 bridgehead atoms. The summed E-state index contributed by atoms with van der Waals surface area (Å²) in [6, 6.07) is 3.47. The molecule has 1 aromatic rings. The van der Waals surface area contributed by atoms with Gasteiger partial charge in [0, 0.05) is 17.9 Å². The van der Waals surface area contributed by atoms with Gasteiger partial charge in [-0.25, -0.2) is 4.79 Å². The molecule has 1 aromatic carbocycles. The van der Waals surface area contributed by atoms with E-state index in [4.69, 9.17) is 5.11 Å². The van der Waals surface area contributed by atoms with Crippen LogP contribution in [0.1, 0.15) is 34.6 Å². The van der Waals surface area contributed by atoms with Crippen molar-refractivity contribution in [1.29, 1.82) is 0 Å². The molecule has 0 saturated carbocycles. The third-order valence-electron chi connectivity index (χ3n) is 2.65. The van der Waals surface area contributed by atoms with Gasteiger partial charge in [0.1, 0.15) is 5.56 Å². The summed E-state index contributed by atoms with van der Waals surface area (Å²) in [5.41, 5.74) is -1.38. The molecule has 0 radical (unpaired) electrons. The molecule has 0 fully saturated rings. The lowest BCUT2D eigenvalue weighted by atomic mass is 10.0. The number of aromatic carboxylic acids is 1. The predicted molar refractivity (Wildman–Crippen MR) is 80.0 cm³/mol. The predicted octanol–water partition coefficient (Wildman–Crippen LogP) is 2.16. The topological polar surface area (TPSA) is 110 Å². The number of hydrogen-bond acceptors (Lipinski definition) is 5. The van der Waals surface area contributed by atoms with E-state index in [1.807, 2.05) is 6.92 Å². The number of nitrogens with zero attached hydrogens (tertiary/aromatic N) is 1. The molecule has 0 aliphatic carbocycles. The third kappa shape index (κ3) is 4.45. The Hall–Kier alpha value is -2.09. The number of thioether (sulfide) groups is 1. The summed E-state index contributed by atoms with van der Waals surface area (Å²) >= 11 is 1.63. The molecule has 2 N–H and O–H groups in total. The molecule has 114 valence electrons. The molecule has 0 heterocycles. The van der Waals surface area contributed by atoms with Gasteiger partial charge in [0.05, 0.1) is 10.5 Å². The van der Waals surface area contributed by atoms with Crippen molar-refractivity contribution >= 4 is 29.3 Å². The maximum Gasteiger partial charge on any atom is 0.343 e. The lowest BCUT2D eigenvalue weighted by molar-refractivity contribution is -0.385. The van der Waals surface area contributed by atoms with Gasteiger partial charge in [0.2, 0.25) is 0 Å². The second-order valence-corrected chi connectivity index (χ2v) is 5.61. The van der Waals surface area contributed by atoms with Crippen LogP contribution in [-0.2, 0) is 0 Å². The minimum Gasteiger partial charge on any atom is -0.477 e. The molecule has 1 unspecified atom stereocenters. The van der Waals surface area contributed by atoms with Gasteiger partial charge in [-0.3, -0.25) is 14.9 Å². The van der Waals surface area contributed by atoms with Crippen molar-refractivity contribution in [3.63, 3.8) is 0 Å². The lowest BCUT2D eigenvalue weighted by Crippen LogP contribution is -2.35. The molecule has 0 aliphatic heterocycles. The Kier molecular flexibility index (Phi) is 6.16. The first kappa shape index (κ1) is 17.0. The molecular formula is C13H16N2O5S. The second kappa shape index (κ2) is 7.63. The van der Waals surface area contributed by atoms with Crippen LogP contribution >= 0.6 is 11.8 Å².